The van der Waals surface area contributed by atoms with Crippen molar-refractivity contribution in [2.24, 2.45) is 0 Å². The van der Waals surface area contributed by atoms with Crippen molar-refractivity contribution in [3.63, 3.8) is 0 Å². The summed E-state index contributed by atoms with van der Waals surface area (Å²) in [6.07, 6.45) is 2.38. The van der Waals surface area contributed by atoms with Gasteiger partial charge in [0.2, 0.25) is 5.82 Å². The molecule has 156 valence electrons. The van der Waals surface area contributed by atoms with Crippen molar-refractivity contribution in [1.82, 2.24) is 30.4 Å². The van der Waals surface area contributed by atoms with Crippen LogP contribution in [0.5, 0.6) is 5.75 Å². The number of hydrogen-bond donors (Lipinski definition) is 3. The number of H-pyrrole nitrogens is 1. The van der Waals surface area contributed by atoms with Crippen molar-refractivity contribution >= 4 is 28.4 Å². The minimum atomic E-state index is -0.162. The Morgan fingerprint density at radius 2 is 2.13 bits per heavy atom. The van der Waals surface area contributed by atoms with Crippen molar-refractivity contribution < 1.29 is 9.53 Å². The Labute approximate surface area is 174 Å². The predicted molar refractivity (Wildman–Crippen MR) is 113 cm³/mol. The fourth-order valence-electron chi connectivity index (χ4n) is 3.81. The molecule has 1 atom stereocenters. The van der Waals surface area contributed by atoms with Gasteiger partial charge in [0.1, 0.15) is 11.6 Å². The van der Waals surface area contributed by atoms with Crippen molar-refractivity contribution in [1.29, 1.82) is 0 Å². The summed E-state index contributed by atoms with van der Waals surface area (Å²) in [6.45, 7) is 4.10. The van der Waals surface area contributed by atoms with Crippen LogP contribution in [0.25, 0.3) is 10.9 Å². The Balaban J connectivity index is 1.52. The molecule has 3 N–H and O–H groups in total. The van der Waals surface area contributed by atoms with Gasteiger partial charge in [0.05, 0.1) is 12.6 Å². The van der Waals surface area contributed by atoms with E-state index in [1.165, 1.54) is 12.8 Å². The second kappa shape index (κ2) is 7.56. The largest absolute Gasteiger partial charge is 0.497 e. The van der Waals surface area contributed by atoms with E-state index >= 15 is 0 Å². The van der Waals surface area contributed by atoms with E-state index in [0.29, 0.717) is 41.9 Å². The van der Waals surface area contributed by atoms with Gasteiger partial charge >= 0.3 is 0 Å². The van der Waals surface area contributed by atoms with Crippen LogP contribution < -0.4 is 15.4 Å². The van der Waals surface area contributed by atoms with Gasteiger partial charge in [0.25, 0.3) is 5.91 Å². The van der Waals surface area contributed by atoms with Gasteiger partial charge in [-0.3, -0.25) is 9.89 Å². The summed E-state index contributed by atoms with van der Waals surface area (Å²) in [6, 6.07) is 7.80. The average Bonchev–Trinajstić information content (AvgIpc) is 3.51. The smallest absolute Gasteiger partial charge is 0.291 e. The maximum atomic E-state index is 13.1. The van der Waals surface area contributed by atoms with E-state index < -0.39 is 0 Å². The molecule has 2 aromatic heterocycles. The second-order valence-corrected chi connectivity index (χ2v) is 7.99. The topological polar surface area (TPSA) is 108 Å². The monoisotopic (exact) mass is 407 g/mol. The Bertz CT molecular complexity index is 1090. The molecule has 1 aliphatic heterocycles. The van der Waals surface area contributed by atoms with Gasteiger partial charge < -0.3 is 20.3 Å². The molecule has 1 aliphatic carbocycles. The Morgan fingerprint density at radius 1 is 1.27 bits per heavy atom. The molecule has 2 fully saturated rings. The standard InChI is InChI=1S/C21H25N7O2/c1-12-11-28(8-7-22-12)21(29)20-23-16-6-5-14(30-2)9-15(16)19(25-20)24-18-10-17(26-27-18)13-3-4-13/h5-6,9-10,12-13,22H,3-4,7-8,11H2,1-2H3,(H2,23,24,25,26,27)/t12-/m1/s1. The van der Waals surface area contributed by atoms with E-state index in [4.69, 9.17) is 4.74 Å². The van der Waals surface area contributed by atoms with Gasteiger partial charge in [-0.05, 0) is 38.0 Å². The van der Waals surface area contributed by atoms with Crippen molar-refractivity contribution in [2.75, 3.05) is 32.1 Å². The van der Waals surface area contributed by atoms with Crippen LogP contribution in [0.2, 0.25) is 0 Å². The number of piperazine rings is 1. The highest BCUT2D eigenvalue weighted by molar-refractivity contribution is 5.97. The molecule has 9 nitrogen and oxygen atoms in total. The number of rotatable bonds is 5. The third-order valence-corrected chi connectivity index (χ3v) is 5.61. The van der Waals surface area contributed by atoms with Crippen LogP contribution in [0.4, 0.5) is 11.6 Å². The van der Waals surface area contributed by atoms with Gasteiger partial charge in [-0.2, -0.15) is 5.10 Å². The first-order valence-corrected chi connectivity index (χ1v) is 10.3. The molecule has 9 heteroatoms. The third kappa shape index (κ3) is 3.68. The van der Waals surface area contributed by atoms with Crippen LogP contribution in [-0.4, -0.2) is 63.8 Å². The number of ether oxygens (including phenoxy) is 1. The third-order valence-electron chi connectivity index (χ3n) is 5.61. The molecule has 5 rings (SSSR count). The van der Waals surface area contributed by atoms with Crippen molar-refractivity contribution in [3.8, 4) is 5.75 Å². The number of aromatic amines is 1. The van der Waals surface area contributed by atoms with Crippen molar-refractivity contribution in [2.45, 2.75) is 31.7 Å². The fraction of sp³-hybridized carbons (Fsp3) is 0.429. The number of carbonyl (C=O) groups is 1. The number of benzene rings is 1. The quantitative estimate of drug-likeness (QED) is 0.596. The number of carbonyl (C=O) groups excluding carboxylic acids is 1. The number of fused-ring (bicyclic) bond motifs is 1. The first-order chi connectivity index (χ1) is 14.6. The first kappa shape index (κ1) is 18.8. The Morgan fingerprint density at radius 3 is 2.90 bits per heavy atom. The van der Waals surface area contributed by atoms with Crippen LogP contribution in [0.1, 0.15) is 42.0 Å². The normalized spacial score (nSPS) is 19.1. The number of anilines is 2. The number of aromatic nitrogens is 4. The van der Waals surface area contributed by atoms with Crippen LogP contribution in [0, 0.1) is 0 Å². The molecule has 0 bridgehead atoms. The molecule has 0 unspecified atom stereocenters. The minimum absolute atomic E-state index is 0.162. The van der Waals surface area contributed by atoms with Crippen molar-refractivity contribution in [3.05, 3.63) is 35.8 Å². The summed E-state index contributed by atoms with van der Waals surface area (Å²) < 4.78 is 5.37. The molecule has 1 aromatic carbocycles. The molecule has 0 radical (unpaired) electrons. The number of hydrogen-bond acceptors (Lipinski definition) is 7. The fourth-order valence-corrected chi connectivity index (χ4v) is 3.81. The van der Waals surface area contributed by atoms with E-state index in [-0.39, 0.29) is 17.8 Å². The van der Waals surface area contributed by atoms with Gasteiger partial charge in [0.15, 0.2) is 5.82 Å². The maximum absolute atomic E-state index is 13.1. The molecule has 30 heavy (non-hydrogen) atoms. The Kier molecular flexibility index (Phi) is 4.74. The molecular weight excluding hydrogens is 382 g/mol. The summed E-state index contributed by atoms with van der Waals surface area (Å²) in [5.74, 6) is 2.51. The Hall–Kier alpha value is -3.20. The van der Waals surface area contributed by atoms with E-state index in [2.05, 4.69) is 37.7 Å². The predicted octanol–water partition coefficient (Wildman–Crippen LogP) is 2.42. The van der Waals surface area contributed by atoms with Crippen LogP contribution >= 0.6 is 0 Å². The number of nitrogens with one attached hydrogen (secondary N) is 3. The number of nitrogens with zero attached hydrogens (tertiary/aromatic N) is 4. The van der Waals surface area contributed by atoms with E-state index in [0.717, 1.165) is 17.6 Å². The van der Waals surface area contributed by atoms with E-state index in [9.17, 15) is 4.79 Å². The lowest BCUT2D eigenvalue weighted by Gasteiger charge is -2.31. The zero-order valence-corrected chi connectivity index (χ0v) is 17.1. The molecular formula is C21H25N7O2. The molecule has 2 aliphatic rings. The summed E-state index contributed by atoms with van der Waals surface area (Å²) >= 11 is 0. The number of amides is 1. The highest BCUT2D eigenvalue weighted by Crippen LogP contribution is 2.40. The van der Waals surface area contributed by atoms with E-state index in [1.807, 2.05) is 24.3 Å². The van der Waals surface area contributed by atoms with Gasteiger partial charge in [-0.1, -0.05) is 0 Å². The highest BCUT2D eigenvalue weighted by atomic mass is 16.5. The molecule has 1 saturated heterocycles. The zero-order chi connectivity index (χ0) is 20.7. The van der Waals surface area contributed by atoms with Gasteiger partial charge in [-0.15, -0.1) is 0 Å². The van der Waals surface area contributed by atoms with Gasteiger partial charge in [-0.25, -0.2) is 9.97 Å². The maximum Gasteiger partial charge on any atom is 0.291 e. The summed E-state index contributed by atoms with van der Waals surface area (Å²) in [4.78, 5) is 24.1. The summed E-state index contributed by atoms with van der Waals surface area (Å²) in [5, 5.41) is 14.9. The minimum Gasteiger partial charge on any atom is -0.497 e. The lowest BCUT2D eigenvalue weighted by atomic mass is 10.2. The molecule has 3 heterocycles. The zero-order valence-electron chi connectivity index (χ0n) is 17.1. The lowest BCUT2D eigenvalue weighted by molar-refractivity contribution is 0.0697. The highest BCUT2D eigenvalue weighted by Gasteiger charge is 2.27. The molecule has 3 aromatic rings. The molecule has 0 spiro atoms. The van der Waals surface area contributed by atoms with Gasteiger partial charge in [0, 0.05) is 48.7 Å². The van der Waals surface area contributed by atoms with Crippen LogP contribution in [0.15, 0.2) is 24.3 Å². The summed E-state index contributed by atoms with van der Waals surface area (Å²) in [5.41, 5.74) is 1.80. The molecule has 1 saturated carbocycles. The summed E-state index contributed by atoms with van der Waals surface area (Å²) in [7, 11) is 1.62. The number of methoxy groups -OCH3 is 1. The van der Waals surface area contributed by atoms with E-state index in [1.54, 1.807) is 12.0 Å². The van der Waals surface area contributed by atoms with Crippen LogP contribution in [0.3, 0.4) is 0 Å². The second-order valence-electron chi connectivity index (χ2n) is 7.99. The average molecular weight is 407 g/mol. The molecule has 1 amide bonds. The SMILES string of the molecule is COc1ccc2nc(C(=O)N3CCN[C@H](C)C3)nc(Nc3cc(C4CC4)[nH]n3)c2c1. The van der Waals surface area contributed by atoms with Crippen LogP contribution in [-0.2, 0) is 0 Å². The lowest BCUT2D eigenvalue weighted by Crippen LogP contribution is -2.51. The first-order valence-electron chi connectivity index (χ1n) is 10.3.